The van der Waals surface area contributed by atoms with E-state index < -0.39 is 23.8 Å². The van der Waals surface area contributed by atoms with Crippen molar-refractivity contribution in [2.24, 2.45) is 5.92 Å². The van der Waals surface area contributed by atoms with Crippen LogP contribution in [-0.2, 0) is 14.3 Å². The van der Waals surface area contributed by atoms with Gasteiger partial charge in [-0.3, -0.25) is 9.59 Å². The molecule has 1 rings (SSSR count). The van der Waals surface area contributed by atoms with Gasteiger partial charge in [0.2, 0.25) is 11.8 Å². The van der Waals surface area contributed by atoms with E-state index in [1.807, 2.05) is 58.9 Å². The van der Waals surface area contributed by atoms with Crippen LogP contribution in [0, 0.1) is 12.8 Å². The van der Waals surface area contributed by atoms with Gasteiger partial charge >= 0.3 is 6.09 Å². The van der Waals surface area contributed by atoms with E-state index in [0.717, 1.165) is 24.0 Å². The van der Waals surface area contributed by atoms with Crippen molar-refractivity contribution in [2.45, 2.75) is 112 Å². The van der Waals surface area contributed by atoms with Crippen molar-refractivity contribution >= 4 is 17.9 Å². The number of hydrogen-bond donors (Lipinski definition) is 2. The van der Waals surface area contributed by atoms with Gasteiger partial charge in [0.1, 0.15) is 17.7 Å². The molecule has 2 N–H and O–H groups in total. The van der Waals surface area contributed by atoms with Gasteiger partial charge in [-0.25, -0.2) is 4.79 Å². The van der Waals surface area contributed by atoms with Crippen LogP contribution in [0.15, 0.2) is 24.3 Å². The van der Waals surface area contributed by atoms with Crippen molar-refractivity contribution in [1.82, 2.24) is 15.5 Å². The average molecular weight is 490 g/mol. The predicted octanol–water partition coefficient (Wildman–Crippen LogP) is 5.52. The van der Waals surface area contributed by atoms with Gasteiger partial charge in [0.05, 0.1) is 0 Å². The number of amides is 3. The summed E-state index contributed by atoms with van der Waals surface area (Å²) >= 11 is 0. The molecule has 0 aliphatic carbocycles. The smallest absolute Gasteiger partial charge is 0.408 e. The molecule has 0 spiro atoms. The van der Waals surface area contributed by atoms with Gasteiger partial charge in [-0.15, -0.1) is 0 Å². The van der Waals surface area contributed by atoms with Gasteiger partial charge in [0.15, 0.2) is 0 Å². The van der Waals surface area contributed by atoms with Crippen LogP contribution in [0.2, 0.25) is 0 Å². The molecule has 35 heavy (non-hydrogen) atoms. The fourth-order valence-electron chi connectivity index (χ4n) is 4.09. The van der Waals surface area contributed by atoms with Crippen LogP contribution >= 0.6 is 0 Å². The molecule has 0 fully saturated rings. The molecule has 3 amide bonds. The first-order valence-corrected chi connectivity index (χ1v) is 13.0. The molecular weight excluding hydrogens is 442 g/mol. The number of alkyl carbamates (subject to hydrolysis) is 1. The third kappa shape index (κ3) is 10.7. The quantitative estimate of drug-likeness (QED) is 0.405. The average Bonchev–Trinajstić information content (AvgIpc) is 2.71. The molecule has 0 aliphatic rings. The first-order valence-electron chi connectivity index (χ1n) is 13.0. The largest absolute Gasteiger partial charge is 0.444 e. The maximum Gasteiger partial charge on any atom is 0.408 e. The molecule has 0 saturated heterocycles. The Morgan fingerprint density at radius 2 is 1.69 bits per heavy atom. The Morgan fingerprint density at radius 3 is 2.20 bits per heavy atom. The summed E-state index contributed by atoms with van der Waals surface area (Å²) in [4.78, 5) is 41.8. The molecule has 0 aromatic heterocycles. The van der Waals surface area contributed by atoms with Crippen LogP contribution < -0.4 is 10.6 Å². The van der Waals surface area contributed by atoms with Gasteiger partial charge in [0.25, 0.3) is 0 Å². The van der Waals surface area contributed by atoms with Crippen LogP contribution in [0.3, 0.4) is 0 Å². The van der Waals surface area contributed by atoms with E-state index in [2.05, 4.69) is 17.6 Å². The minimum absolute atomic E-state index is 0.00950. The fraction of sp³-hybridized carbons (Fsp3) is 0.679. The van der Waals surface area contributed by atoms with Crippen molar-refractivity contribution in [2.75, 3.05) is 6.54 Å². The van der Waals surface area contributed by atoms with Crippen molar-refractivity contribution in [3.8, 4) is 0 Å². The summed E-state index contributed by atoms with van der Waals surface area (Å²) < 4.78 is 5.43. The van der Waals surface area contributed by atoms with Crippen LogP contribution in [0.25, 0.3) is 0 Å². The van der Waals surface area contributed by atoms with Crippen molar-refractivity contribution in [3.63, 3.8) is 0 Å². The lowest BCUT2D eigenvalue weighted by Gasteiger charge is -2.35. The monoisotopic (exact) mass is 489 g/mol. The van der Waals surface area contributed by atoms with E-state index in [1.54, 1.807) is 25.7 Å². The Kier molecular flexibility index (Phi) is 12.3. The third-order valence-corrected chi connectivity index (χ3v) is 5.47. The minimum atomic E-state index is -0.801. The lowest BCUT2D eigenvalue weighted by molar-refractivity contribution is -0.143. The number of carbonyl (C=O) groups excluding carboxylic acids is 3. The van der Waals surface area contributed by atoms with E-state index in [4.69, 9.17) is 4.74 Å². The summed E-state index contributed by atoms with van der Waals surface area (Å²) in [6.45, 7) is 17.7. The Bertz CT molecular complexity index is 832. The second-order valence-electron chi connectivity index (χ2n) is 10.9. The number of carbonyl (C=O) groups is 3. The number of nitrogens with one attached hydrogen (secondary N) is 2. The van der Waals surface area contributed by atoms with Gasteiger partial charge in [-0.2, -0.15) is 0 Å². The standard InChI is InChI=1S/C28H47N3O4/c1-10-13-21(6)29-25(32)24(22-15-12-14-20(5)18-22)31(16-11-2)26(33)23(17-19(3)4)30-27(34)35-28(7,8)9/h12,14-15,18-19,21,23-24H,10-11,13,16-17H2,1-9H3,(H,29,32)(H,30,34). The first-order chi connectivity index (χ1) is 16.3. The lowest BCUT2D eigenvalue weighted by atomic mass is 9.98. The lowest BCUT2D eigenvalue weighted by Crippen LogP contribution is -2.54. The van der Waals surface area contributed by atoms with E-state index in [9.17, 15) is 14.4 Å². The molecule has 0 radical (unpaired) electrons. The summed E-state index contributed by atoms with van der Waals surface area (Å²) in [5.41, 5.74) is 1.09. The van der Waals surface area contributed by atoms with E-state index >= 15 is 0 Å². The molecule has 0 bridgehead atoms. The molecule has 7 heteroatoms. The molecule has 1 aromatic rings. The summed E-state index contributed by atoms with van der Waals surface area (Å²) in [5, 5.41) is 5.88. The van der Waals surface area contributed by atoms with Crippen LogP contribution in [0.5, 0.6) is 0 Å². The highest BCUT2D eigenvalue weighted by atomic mass is 16.6. The van der Waals surface area contributed by atoms with Gasteiger partial charge in [0, 0.05) is 12.6 Å². The number of benzene rings is 1. The summed E-state index contributed by atoms with van der Waals surface area (Å²) in [5.74, 6) is -0.340. The zero-order valence-electron chi connectivity index (χ0n) is 23.2. The Hall–Kier alpha value is -2.57. The van der Waals surface area contributed by atoms with Crippen LogP contribution in [0.4, 0.5) is 4.79 Å². The predicted molar refractivity (Wildman–Crippen MR) is 141 cm³/mol. The number of hydrogen-bond acceptors (Lipinski definition) is 4. The van der Waals surface area contributed by atoms with E-state index in [-0.39, 0.29) is 23.8 Å². The maximum absolute atomic E-state index is 14.0. The Balaban J connectivity index is 3.42. The zero-order valence-corrected chi connectivity index (χ0v) is 23.2. The molecule has 3 atom stereocenters. The zero-order chi connectivity index (χ0) is 26.8. The van der Waals surface area contributed by atoms with Gasteiger partial charge in [-0.1, -0.05) is 63.9 Å². The second kappa shape index (κ2) is 14.1. The number of rotatable bonds is 12. The molecular formula is C28H47N3O4. The Morgan fingerprint density at radius 1 is 1.03 bits per heavy atom. The topological polar surface area (TPSA) is 87.7 Å². The van der Waals surface area contributed by atoms with Crippen LogP contribution in [0.1, 0.15) is 98.2 Å². The number of ether oxygens (including phenoxy) is 1. The van der Waals surface area contributed by atoms with Crippen LogP contribution in [-0.4, -0.2) is 47.0 Å². The molecule has 1 aromatic carbocycles. The molecule has 7 nitrogen and oxygen atoms in total. The third-order valence-electron chi connectivity index (χ3n) is 5.47. The van der Waals surface area contributed by atoms with Crippen molar-refractivity contribution in [1.29, 1.82) is 0 Å². The summed E-state index contributed by atoms with van der Waals surface area (Å²) in [6, 6.07) is 6.10. The highest BCUT2D eigenvalue weighted by Crippen LogP contribution is 2.25. The van der Waals surface area contributed by atoms with E-state index in [1.165, 1.54) is 0 Å². The maximum atomic E-state index is 14.0. The molecule has 198 valence electrons. The summed E-state index contributed by atoms with van der Waals surface area (Å²) in [6.07, 6.45) is 2.27. The SMILES string of the molecule is CCCC(C)NC(=O)C(c1cccc(C)c1)N(CCC)C(=O)C(CC(C)C)NC(=O)OC(C)(C)C. The molecule has 0 heterocycles. The minimum Gasteiger partial charge on any atom is -0.444 e. The van der Waals surface area contributed by atoms with Crippen molar-refractivity contribution < 1.29 is 19.1 Å². The molecule has 0 saturated carbocycles. The number of aryl methyl sites for hydroxylation is 1. The Labute approximate surface area is 212 Å². The number of nitrogens with zero attached hydrogens (tertiary/aromatic N) is 1. The normalized spacial score (nSPS) is 14.1. The van der Waals surface area contributed by atoms with Gasteiger partial charge < -0.3 is 20.3 Å². The molecule has 3 unspecified atom stereocenters. The highest BCUT2D eigenvalue weighted by molar-refractivity contribution is 5.92. The van der Waals surface area contributed by atoms with Crippen molar-refractivity contribution in [3.05, 3.63) is 35.4 Å². The fourth-order valence-corrected chi connectivity index (χ4v) is 4.09. The second-order valence-corrected chi connectivity index (χ2v) is 10.9. The van der Waals surface area contributed by atoms with E-state index in [0.29, 0.717) is 19.4 Å². The van der Waals surface area contributed by atoms with Gasteiger partial charge in [-0.05, 0) is 65.4 Å². The summed E-state index contributed by atoms with van der Waals surface area (Å²) in [7, 11) is 0. The molecule has 0 aliphatic heterocycles. The highest BCUT2D eigenvalue weighted by Gasteiger charge is 2.36. The first kappa shape index (κ1) is 30.5.